The van der Waals surface area contributed by atoms with Crippen LogP contribution >= 0.6 is 15.9 Å². The number of halogens is 1. The maximum Gasteiger partial charge on any atom is 0.241 e. The van der Waals surface area contributed by atoms with Crippen LogP contribution in [0.5, 0.6) is 5.75 Å². The fourth-order valence-corrected chi connectivity index (χ4v) is 3.11. The van der Waals surface area contributed by atoms with Crippen LogP contribution in [0.25, 0.3) is 0 Å². The third kappa shape index (κ3) is 5.10. The number of primary sulfonamides is 1. The Labute approximate surface area is 122 Å². The molecule has 2 N–H and O–H groups in total. The Kier molecular flexibility index (Phi) is 6.25. The maximum atomic E-state index is 11.6. The minimum atomic E-state index is -3.81. The molecule has 1 aromatic carbocycles. The van der Waals surface area contributed by atoms with Crippen LogP contribution in [0.15, 0.2) is 21.5 Å². The second-order valence-electron chi connectivity index (χ2n) is 4.14. The Bertz CT molecular complexity index is 531. The van der Waals surface area contributed by atoms with Crippen molar-refractivity contribution in [2.24, 2.45) is 5.14 Å². The first-order valence-corrected chi connectivity index (χ1v) is 8.15. The lowest BCUT2D eigenvalue weighted by molar-refractivity contribution is 0.183. The molecular weight excluding hydrogens is 334 g/mol. The highest BCUT2D eigenvalue weighted by atomic mass is 79.9. The van der Waals surface area contributed by atoms with E-state index in [-0.39, 0.29) is 4.90 Å². The summed E-state index contributed by atoms with van der Waals surface area (Å²) >= 11 is 3.25. The first kappa shape index (κ1) is 16.4. The molecule has 0 heterocycles. The Balaban J connectivity index is 2.87. The largest absolute Gasteiger partial charge is 0.492 e. The van der Waals surface area contributed by atoms with E-state index in [9.17, 15) is 8.42 Å². The lowest BCUT2D eigenvalue weighted by atomic mass is 10.2. The van der Waals surface area contributed by atoms with Crippen molar-refractivity contribution in [1.29, 1.82) is 0 Å². The Morgan fingerprint density at radius 3 is 2.47 bits per heavy atom. The Morgan fingerprint density at radius 2 is 1.89 bits per heavy atom. The minimum absolute atomic E-state index is 0.00566. The monoisotopic (exact) mass is 351 g/mol. The molecule has 0 amide bonds. The molecule has 0 bridgehead atoms. The summed E-state index contributed by atoms with van der Waals surface area (Å²) in [5, 5.41) is 5.20. The standard InChI is InChI=1S/C12H18BrNO4S/c1-9-7-10(13)8-11(19(14,15)16)12(9)18-6-4-3-5-17-2/h7-8H,3-6H2,1-2H3,(H2,14,15,16). The van der Waals surface area contributed by atoms with E-state index < -0.39 is 10.0 Å². The quantitative estimate of drug-likeness (QED) is 0.763. The van der Waals surface area contributed by atoms with Gasteiger partial charge in [-0.15, -0.1) is 0 Å². The van der Waals surface area contributed by atoms with Crippen LogP contribution < -0.4 is 9.88 Å². The minimum Gasteiger partial charge on any atom is -0.492 e. The smallest absolute Gasteiger partial charge is 0.241 e. The summed E-state index contributed by atoms with van der Waals surface area (Å²) in [5.41, 5.74) is 0.727. The molecule has 0 radical (unpaired) electrons. The van der Waals surface area contributed by atoms with Gasteiger partial charge >= 0.3 is 0 Å². The van der Waals surface area contributed by atoms with E-state index in [2.05, 4.69) is 15.9 Å². The summed E-state index contributed by atoms with van der Waals surface area (Å²) < 4.78 is 34.2. The van der Waals surface area contributed by atoms with E-state index in [4.69, 9.17) is 14.6 Å². The van der Waals surface area contributed by atoms with Crippen molar-refractivity contribution < 1.29 is 17.9 Å². The lowest BCUT2D eigenvalue weighted by Gasteiger charge is -2.13. The van der Waals surface area contributed by atoms with Crippen LogP contribution in [-0.2, 0) is 14.8 Å². The van der Waals surface area contributed by atoms with Crippen molar-refractivity contribution in [2.75, 3.05) is 20.3 Å². The van der Waals surface area contributed by atoms with Gasteiger partial charge in [0.25, 0.3) is 0 Å². The lowest BCUT2D eigenvalue weighted by Crippen LogP contribution is -2.15. The van der Waals surface area contributed by atoms with Crippen LogP contribution in [0.4, 0.5) is 0 Å². The summed E-state index contributed by atoms with van der Waals surface area (Å²) in [5.74, 6) is 0.322. The zero-order chi connectivity index (χ0) is 14.5. The van der Waals surface area contributed by atoms with Crippen LogP contribution in [0.1, 0.15) is 18.4 Å². The molecule has 0 spiro atoms. The molecule has 0 saturated heterocycles. The summed E-state index contributed by atoms with van der Waals surface area (Å²) in [6, 6.07) is 3.24. The molecule has 0 saturated carbocycles. The number of hydrogen-bond donors (Lipinski definition) is 1. The molecule has 1 rings (SSSR count). The van der Waals surface area contributed by atoms with Crippen LogP contribution in [0.2, 0.25) is 0 Å². The van der Waals surface area contributed by atoms with Crippen molar-refractivity contribution in [2.45, 2.75) is 24.7 Å². The molecule has 0 atom stereocenters. The molecule has 0 fully saturated rings. The summed E-state index contributed by atoms with van der Waals surface area (Å²) in [7, 11) is -2.17. The fraction of sp³-hybridized carbons (Fsp3) is 0.500. The third-order valence-corrected chi connectivity index (χ3v) is 3.88. The first-order chi connectivity index (χ1) is 8.86. The number of hydrogen-bond acceptors (Lipinski definition) is 4. The fourth-order valence-electron chi connectivity index (χ4n) is 1.62. The van der Waals surface area contributed by atoms with Crippen LogP contribution in [0.3, 0.4) is 0 Å². The van der Waals surface area contributed by atoms with Crippen molar-refractivity contribution in [3.63, 3.8) is 0 Å². The third-order valence-electron chi connectivity index (χ3n) is 2.50. The number of methoxy groups -OCH3 is 1. The number of ether oxygens (including phenoxy) is 2. The SMILES string of the molecule is COCCCCOc1c(C)cc(Br)cc1S(N)(=O)=O. The zero-order valence-corrected chi connectivity index (χ0v) is 13.4. The van der Waals surface area contributed by atoms with Gasteiger partial charge in [0.15, 0.2) is 0 Å². The van der Waals surface area contributed by atoms with E-state index >= 15 is 0 Å². The van der Waals surface area contributed by atoms with Gasteiger partial charge in [-0.25, -0.2) is 13.6 Å². The first-order valence-electron chi connectivity index (χ1n) is 5.81. The number of unbranched alkanes of at least 4 members (excludes halogenated alkanes) is 1. The molecule has 0 unspecified atom stereocenters. The molecule has 0 aliphatic carbocycles. The van der Waals surface area contributed by atoms with E-state index in [1.807, 2.05) is 0 Å². The van der Waals surface area contributed by atoms with Gasteiger partial charge in [0.05, 0.1) is 6.61 Å². The zero-order valence-electron chi connectivity index (χ0n) is 11.0. The van der Waals surface area contributed by atoms with Gasteiger partial charge in [0, 0.05) is 18.2 Å². The van der Waals surface area contributed by atoms with Crippen molar-refractivity contribution in [3.05, 3.63) is 22.2 Å². The van der Waals surface area contributed by atoms with Crippen LogP contribution in [0, 0.1) is 6.92 Å². The maximum absolute atomic E-state index is 11.6. The number of sulfonamides is 1. The van der Waals surface area contributed by atoms with Gasteiger partial charge in [-0.3, -0.25) is 0 Å². The summed E-state index contributed by atoms with van der Waals surface area (Å²) in [6.07, 6.45) is 1.64. The topological polar surface area (TPSA) is 78.6 Å². The summed E-state index contributed by atoms with van der Waals surface area (Å²) in [4.78, 5) is 0.00566. The molecule has 1 aromatic rings. The molecule has 0 aliphatic heterocycles. The van der Waals surface area contributed by atoms with Gasteiger partial charge in [-0.05, 0) is 37.5 Å². The molecule has 0 aromatic heterocycles. The number of aryl methyl sites for hydroxylation is 1. The van der Waals surface area contributed by atoms with Crippen LogP contribution in [-0.4, -0.2) is 28.7 Å². The molecular formula is C12H18BrNO4S. The Hall–Kier alpha value is -0.630. The van der Waals surface area contributed by atoms with Crippen molar-refractivity contribution >= 4 is 26.0 Å². The predicted molar refractivity (Wildman–Crippen MR) is 76.9 cm³/mol. The van der Waals surface area contributed by atoms with Gasteiger partial charge in [0.1, 0.15) is 10.6 Å². The second kappa shape index (κ2) is 7.23. The van der Waals surface area contributed by atoms with Crippen molar-refractivity contribution in [3.8, 4) is 5.75 Å². The molecule has 108 valence electrons. The molecule has 19 heavy (non-hydrogen) atoms. The molecule has 7 heteroatoms. The number of rotatable bonds is 7. The average molecular weight is 352 g/mol. The molecule has 5 nitrogen and oxygen atoms in total. The number of nitrogens with two attached hydrogens (primary N) is 1. The Morgan fingerprint density at radius 1 is 1.26 bits per heavy atom. The summed E-state index contributed by atoms with van der Waals surface area (Å²) in [6.45, 7) is 2.86. The molecule has 0 aliphatic rings. The van der Waals surface area contributed by atoms with E-state index in [0.717, 1.165) is 18.4 Å². The highest BCUT2D eigenvalue weighted by molar-refractivity contribution is 9.10. The van der Waals surface area contributed by atoms with Crippen molar-refractivity contribution in [1.82, 2.24) is 0 Å². The highest BCUT2D eigenvalue weighted by Crippen LogP contribution is 2.31. The van der Waals surface area contributed by atoms with Gasteiger partial charge in [-0.1, -0.05) is 15.9 Å². The van der Waals surface area contributed by atoms with E-state index in [0.29, 0.717) is 23.4 Å². The highest BCUT2D eigenvalue weighted by Gasteiger charge is 2.18. The van der Waals surface area contributed by atoms with Gasteiger partial charge in [0.2, 0.25) is 10.0 Å². The van der Waals surface area contributed by atoms with E-state index in [1.54, 1.807) is 20.1 Å². The normalized spacial score (nSPS) is 11.6. The van der Waals surface area contributed by atoms with Gasteiger partial charge in [-0.2, -0.15) is 0 Å². The van der Waals surface area contributed by atoms with Gasteiger partial charge < -0.3 is 9.47 Å². The second-order valence-corrected chi connectivity index (χ2v) is 6.59. The van der Waals surface area contributed by atoms with E-state index in [1.165, 1.54) is 6.07 Å². The number of benzene rings is 1. The predicted octanol–water partition coefficient (Wildman–Crippen LogP) is 2.21. The average Bonchev–Trinajstić information content (AvgIpc) is 2.29.